The lowest BCUT2D eigenvalue weighted by Gasteiger charge is -2.14. The van der Waals surface area contributed by atoms with Gasteiger partial charge in [-0.05, 0) is 13.0 Å². The molecular formula is C13H18FNS. The lowest BCUT2D eigenvalue weighted by Crippen LogP contribution is -2.22. The molecule has 0 spiro atoms. The Labute approximate surface area is 101 Å². The van der Waals surface area contributed by atoms with Crippen LogP contribution in [0.1, 0.15) is 18.5 Å². The molecule has 1 atom stereocenters. The summed E-state index contributed by atoms with van der Waals surface area (Å²) in [6.45, 7) is 6.53. The van der Waals surface area contributed by atoms with Crippen molar-refractivity contribution in [3.63, 3.8) is 0 Å². The Hall–Kier alpha value is -0.800. The van der Waals surface area contributed by atoms with Crippen molar-refractivity contribution in [2.45, 2.75) is 13.0 Å². The highest BCUT2D eigenvalue weighted by Gasteiger charge is 2.08. The summed E-state index contributed by atoms with van der Waals surface area (Å²) in [6, 6.07) is 6.96. The molecule has 0 aliphatic carbocycles. The highest BCUT2D eigenvalue weighted by Crippen LogP contribution is 2.15. The minimum Gasteiger partial charge on any atom is -0.309 e. The zero-order valence-corrected chi connectivity index (χ0v) is 10.4. The first kappa shape index (κ1) is 13.3. The van der Waals surface area contributed by atoms with Gasteiger partial charge in [-0.2, -0.15) is 11.8 Å². The third kappa shape index (κ3) is 4.37. The highest BCUT2D eigenvalue weighted by atomic mass is 32.2. The van der Waals surface area contributed by atoms with Gasteiger partial charge in [0.15, 0.2) is 0 Å². The lowest BCUT2D eigenvalue weighted by atomic mass is 10.1. The van der Waals surface area contributed by atoms with Crippen LogP contribution in [0, 0.1) is 5.82 Å². The smallest absolute Gasteiger partial charge is 0.127 e. The molecule has 1 N–H and O–H groups in total. The van der Waals surface area contributed by atoms with Crippen LogP contribution >= 0.6 is 11.8 Å². The molecule has 0 fully saturated rings. The molecule has 3 heteroatoms. The average Bonchev–Trinajstić information content (AvgIpc) is 2.29. The van der Waals surface area contributed by atoms with E-state index in [0.717, 1.165) is 23.6 Å². The van der Waals surface area contributed by atoms with Gasteiger partial charge in [0.25, 0.3) is 0 Å². The summed E-state index contributed by atoms with van der Waals surface area (Å²) < 4.78 is 13.4. The summed E-state index contributed by atoms with van der Waals surface area (Å²) in [5.41, 5.74) is 0.733. The van der Waals surface area contributed by atoms with Crippen LogP contribution in [-0.2, 0) is 0 Å². The maximum absolute atomic E-state index is 13.4. The molecule has 0 amide bonds. The van der Waals surface area contributed by atoms with Crippen LogP contribution in [0.3, 0.4) is 0 Å². The molecule has 1 unspecified atom stereocenters. The molecule has 1 rings (SSSR count). The number of hydrogen-bond donors (Lipinski definition) is 1. The molecule has 0 bridgehead atoms. The normalized spacial score (nSPS) is 12.4. The van der Waals surface area contributed by atoms with E-state index in [1.54, 1.807) is 6.07 Å². The van der Waals surface area contributed by atoms with Crippen molar-refractivity contribution in [2.75, 3.05) is 18.1 Å². The monoisotopic (exact) mass is 239 g/mol. The Morgan fingerprint density at radius 3 is 2.94 bits per heavy atom. The number of nitrogens with one attached hydrogen (secondary N) is 1. The van der Waals surface area contributed by atoms with Crippen LogP contribution in [0.25, 0.3) is 0 Å². The van der Waals surface area contributed by atoms with E-state index in [2.05, 4.69) is 11.9 Å². The fraction of sp³-hybridized carbons (Fsp3) is 0.385. The average molecular weight is 239 g/mol. The van der Waals surface area contributed by atoms with Crippen LogP contribution in [-0.4, -0.2) is 18.1 Å². The second-order valence-corrected chi connectivity index (χ2v) is 4.71. The minimum atomic E-state index is -0.138. The van der Waals surface area contributed by atoms with Gasteiger partial charge < -0.3 is 5.32 Å². The molecule has 0 saturated carbocycles. The topological polar surface area (TPSA) is 12.0 Å². The maximum atomic E-state index is 13.4. The third-order valence-electron chi connectivity index (χ3n) is 2.30. The van der Waals surface area contributed by atoms with E-state index in [9.17, 15) is 4.39 Å². The van der Waals surface area contributed by atoms with Crippen LogP contribution < -0.4 is 5.32 Å². The van der Waals surface area contributed by atoms with Crippen molar-refractivity contribution in [1.82, 2.24) is 5.32 Å². The Bertz CT molecular complexity index is 327. The van der Waals surface area contributed by atoms with Crippen LogP contribution in [0.4, 0.5) is 4.39 Å². The fourth-order valence-electron chi connectivity index (χ4n) is 1.45. The second kappa shape index (κ2) is 7.47. The highest BCUT2D eigenvalue weighted by molar-refractivity contribution is 7.99. The van der Waals surface area contributed by atoms with Gasteiger partial charge >= 0.3 is 0 Å². The predicted octanol–water partition coefficient (Wildman–Crippen LogP) is 3.40. The van der Waals surface area contributed by atoms with Crippen molar-refractivity contribution in [2.24, 2.45) is 0 Å². The molecule has 0 aliphatic rings. The van der Waals surface area contributed by atoms with E-state index in [4.69, 9.17) is 0 Å². The first-order valence-electron chi connectivity index (χ1n) is 5.42. The zero-order valence-electron chi connectivity index (χ0n) is 9.58. The van der Waals surface area contributed by atoms with Crippen molar-refractivity contribution >= 4 is 11.8 Å². The largest absolute Gasteiger partial charge is 0.309 e. The summed E-state index contributed by atoms with van der Waals surface area (Å²) in [7, 11) is 0. The molecule has 0 heterocycles. The second-order valence-electron chi connectivity index (χ2n) is 3.56. The van der Waals surface area contributed by atoms with E-state index in [0.29, 0.717) is 0 Å². The van der Waals surface area contributed by atoms with E-state index in [1.807, 2.05) is 36.9 Å². The molecule has 16 heavy (non-hydrogen) atoms. The quantitative estimate of drug-likeness (QED) is 0.578. The van der Waals surface area contributed by atoms with Gasteiger partial charge in [-0.3, -0.25) is 0 Å². The Morgan fingerprint density at radius 2 is 2.25 bits per heavy atom. The third-order valence-corrected chi connectivity index (χ3v) is 3.27. The van der Waals surface area contributed by atoms with Gasteiger partial charge in [-0.1, -0.05) is 24.3 Å². The number of thioether (sulfide) groups is 1. The van der Waals surface area contributed by atoms with E-state index in [-0.39, 0.29) is 11.9 Å². The van der Waals surface area contributed by atoms with E-state index in [1.165, 1.54) is 6.07 Å². The van der Waals surface area contributed by atoms with Crippen LogP contribution in [0.2, 0.25) is 0 Å². The van der Waals surface area contributed by atoms with Gasteiger partial charge in [0, 0.05) is 29.7 Å². The Kier molecular flexibility index (Phi) is 6.19. The SMILES string of the molecule is C=CCSCCNC(C)c1ccccc1F. The van der Waals surface area contributed by atoms with Gasteiger partial charge in [0.05, 0.1) is 0 Å². The molecular weight excluding hydrogens is 221 g/mol. The fourth-order valence-corrected chi connectivity index (χ4v) is 2.05. The number of benzene rings is 1. The summed E-state index contributed by atoms with van der Waals surface area (Å²) in [4.78, 5) is 0. The molecule has 0 aliphatic heterocycles. The molecule has 1 aromatic rings. The lowest BCUT2D eigenvalue weighted by molar-refractivity contribution is 0.542. The van der Waals surface area contributed by atoms with Gasteiger partial charge in [0.1, 0.15) is 5.82 Å². The summed E-state index contributed by atoms with van der Waals surface area (Å²) in [5.74, 6) is 1.85. The molecule has 88 valence electrons. The molecule has 0 aromatic heterocycles. The minimum absolute atomic E-state index is 0.0607. The van der Waals surface area contributed by atoms with Crippen molar-refractivity contribution in [3.8, 4) is 0 Å². The van der Waals surface area contributed by atoms with Crippen molar-refractivity contribution < 1.29 is 4.39 Å². The predicted molar refractivity (Wildman–Crippen MR) is 70.3 cm³/mol. The number of hydrogen-bond acceptors (Lipinski definition) is 2. The standard InChI is InChI=1S/C13H18FNS/c1-3-9-16-10-8-15-11(2)12-6-4-5-7-13(12)14/h3-7,11,15H,1,8-10H2,2H3. The van der Waals surface area contributed by atoms with Gasteiger partial charge in [-0.25, -0.2) is 4.39 Å². The van der Waals surface area contributed by atoms with Gasteiger partial charge in [-0.15, -0.1) is 6.58 Å². The number of rotatable bonds is 7. The molecule has 1 nitrogen and oxygen atoms in total. The van der Waals surface area contributed by atoms with E-state index < -0.39 is 0 Å². The van der Waals surface area contributed by atoms with Crippen molar-refractivity contribution in [1.29, 1.82) is 0 Å². The first-order chi connectivity index (χ1) is 7.75. The first-order valence-corrected chi connectivity index (χ1v) is 6.57. The Balaban J connectivity index is 2.32. The number of halogens is 1. The molecule has 1 aromatic carbocycles. The van der Waals surface area contributed by atoms with Crippen LogP contribution in [0.15, 0.2) is 36.9 Å². The van der Waals surface area contributed by atoms with Crippen molar-refractivity contribution in [3.05, 3.63) is 48.3 Å². The Morgan fingerprint density at radius 1 is 1.50 bits per heavy atom. The summed E-state index contributed by atoms with van der Waals surface area (Å²) in [5, 5.41) is 3.30. The van der Waals surface area contributed by atoms with Crippen LogP contribution in [0.5, 0.6) is 0 Å². The molecule has 0 radical (unpaired) electrons. The van der Waals surface area contributed by atoms with Gasteiger partial charge in [0.2, 0.25) is 0 Å². The zero-order chi connectivity index (χ0) is 11.8. The molecule has 0 saturated heterocycles. The summed E-state index contributed by atoms with van der Waals surface area (Å²) >= 11 is 1.82. The maximum Gasteiger partial charge on any atom is 0.127 e. The summed E-state index contributed by atoms with van der Waals surface area (Å²) in [6.07, 6.45) is 1.89. The van der Waals surface area contributed by atoms with E-state index >= 15 is 0 Å².